The fourth-order valence-corrected chi connectivity index (χ4v) is 1.84. The van der Waals surface area contributed by atoms with Crippen LogP contribution in [-0.2, 0) is 10.3 Å². The predicted octanol–water partition coefficient (Wildman–Crippen LogP) is 0.995. The zero-order chi connectivity index (χ0) is 13.6. The van der Waals surface area contributed by atoms with Crippen LogP contribution in [0.15, 0.2) is 30.3 Å². The average molecular weight is 250 g/mol. The lowest BCUT2D eigenvalue weighted by atomic mass is 9.91. The molecule has 1 aromatic rings. The smallest absolute Gasteiger partial charge is 0.225 e. The molecule has 0 aliphatic carbocycles. The van der Waals surface area contributed by atoms with E-state index in [1.54, 1.807) is 0 Å². The molecule has 0 aromatic heterocycles. The van der Waals surface area contributed by atoms with Crippen molar-refractivity contribution in [2.24, 2.45) is 11.7 Å². The molecule has 0 fully saturated rings. The van der Waals surface area contributed by atoms with Crippen LogP contribution in [0.4, 0.5) is 0 Å². The van der Waals surface area contributed by atoms with Gasteiger partial charge in [0.2, 0.25) is 5.91 Å². The second kappa shape index (κ2) is 6.52. The highest BCUT2D eigenvalue weighted by atomic mass is 16.3. The van der Waals surface area contributed by atoms with Crippen LogP contribution in [0.5, 0.6) is 0 Å². The van der Waals surface area contributed by atoms with E-state index in [0.717, 1.165) is 5.56 Å². The zero-order valence-electron chi connectivity index (χ0n) is 11.0. The number of rotatable bonds is 6. The van der Waals surface area contributed by atoms with Crippen molar-refractivity contribution in [2.45, 2.75) is 25.8 Å². The minimum absolute atomic E-state index is 0.111. The molecule has 2 unspecified atom stereocenters. The fourth-order valence-electron chi connectivity index (χ4n) is 1.84. The summed E-state index contributed by atoms with van der Waals surface area (Å²) in [6.07, 6.45) is 0.693. The van der Waals surface area contributed by atoms with Gasteiger partial charge in [-0.25, -0.2) is 0 Å². The second-order valence-corrected chi connectivity index (χ2v) is 4.69. The van der Waals surface area contributed by atoms with Gasteiger partial charge in [0, 0.05) is 12.5 Å². The van der Waals surface area contributed by atoms with Crippen LogP contribution in [0, 0.1) is 5.92 Å². The molecule has 4 nitrogen and oxygen atoms in total. The van der Waals surface area contributed by atoms with Crippen LogP contribution in [0.2, 0.25) is 0 Å². The molecule has 0 radical (unpaired) electrons. The Morgan fingerprint density at radius 3 is 2.50 bits per heavy atom. The van der Waals surface area contributed by atoms with Crippen LogP contribution in [0.25, 0.3) is 0 Å². The summed E-state index contributed by atoms with van der Waals surface area (Å²) in [5.41, 5.74) is 5.68. The summed E-state index contributed by atoms with van der Waals surface area (Å²) in [6.45, 7) is 3.90. The van der Waals surface area contributed by atoms with Crippen molar-refractivity contribution < 1.29 is 9.90 Å². The maximum atomic E-state index is 12.1. The molecule has 0 bridgehead atoms. The average Bonchev–Trinajstić information content (AvgIpc) is 2.41. The molecule has 2 atom stereocenters. The molecule has 0 aliphatic heterocycles. The van der Waals surface area contributed by atoms with E-state index in [0.29, 0.717) is 13.0 Å². The third-order valence-corrected chi connectivity index (χ3v) is 3.27. The molecule has 0 saturated heterocycles. The van der Waals surface area contributed by atoms with E-state index in [2.05, 4.69) is 5.32 Å². The van der Waals surface area contributed by atoms with Gasteiger partial charge in [-0.15, -0.1) is 0 Å². The topological polar surface area (TPSA) is 75.4 Å². The molecule has 18 heavy (non-hydrogen) atoms. The normalized spacial score (nSPS) is 15.8. The van der Waals surface area contributed by atoms with Gasteiger partial charge >= 0.3 is 0 Å². The molecular formula is C14H22N2O2. The van der Waals surface area contributed by atoms with Gasteiger partial charge in [-0.1, -0.05) is 37.3 Å². The van der Waals surface area contributed by atoms with Crippen molar-refractivity contribution >= 4 is 5.91 Å². The number of aliphatic hydroxyl groups is 1. The van der Waals surface area contributed by atoms with Crippen molar-refractivity contribution in [2.75, 3.05) is 13.2 Å². The van der Waals surface area contributed by atoms with Crippen molar-refractivity contribution in [3.63, 3.8) is 0 Å². The van der Waals surface area contributed by atoms with Gasteiger partial charge < -0.3 is 16.2 Å². The summed E-state index contributed by atoms with van der Waals surface area (Å²) >= 11 is 0. The minimum Gasteiger partial charge on any atom is -0.394 e. The maximum Gasteiger partial charge on any atom is 0.225 e. The first-order chi connectivity index (χ1) is 8.57. The van der Waals surface area contributed by atoms with Gasteiger partial charge in [0.05, 0.1) is 12.1 Å². The summed E-state index contributed by atoms with van der Waals surface area (Å²) in [6, 6.07) is 9.45. The molecule has 4 heteroatoms. The Balaban J connectivity index is 2.87. The number of amides is 1. The highest BCUT2D eigenvalue weighted by molar-refractivity contribution is 5.79. The van der Waals surface area contributed by atoms with Gasteiger partial charge in [0.25, 0.3) is 0 Å². The van der Waals surface area contributed by atoms with Crippen LogP contribution in [-0.4, -0.2) is 24.2 Å². The second-order valence-electron chi connectivity index (χ2n) is 4.69. The predicted molar refractivity (Wildman–Crippen MR) is 71.9 cm³/mol. The van der Waals surface area contributed by atoms with Gasteiger partial charge in [-0.05, 0) is 18.9 Å². The van der Waals surface area contributed by atoms with Crippen LogP contribution in [0.3, 0.4) is 0 Å². The Morgan fingerprint density at radius 1 is 1.44 bits per heavy atom. The number of aliphatic hydroxyl groups excluding tert-OH is 1. The number of hydrogen-bond acceptors (Lipinski definition) is 3. The lowest BCUT2D eigenvalue weighted by Crippen LogP contribution is -2.49. The van der Waals surface area contributed by atoms with Gasteiger partial charge in [-0.3, -0.25) is 4.79 Å². The Bertz CT molecular complexity index is 377. The standard InChI is InChI=1S/C14H22N2O2/c1-3-11(9-15)13(18)16-14(2,10-17)12-7-5-4-6-8-12/h4-8,11,17H,3,9-10,15H2,1-2H3,(H,16,18). The van der Waals surface area contributed by atoms with Crippen LogP contribution >= 0.6 is 0 Å². The van der Waals surface area contributed by atoms with Crippen molar-refractivity contribution in [3.8, 4) is 0 Å². The minimum atomic E-state index is -0.763. The molecular weight excluding hydrogens is 228 g/mol. The van der Waals surface area contributed by atoms with E-state index in [-0.39, 0.29) is 18.4 Å². The van der Waals surface area contributed by atoms with Gasteiger partial charge in [-0.2, -0.15) is 0 Å². The van der Waals surface area contributed by atoms with Crippen molar-refractivity contribution in [1.29, 1.82) is 0 Å². The van der Waals surface area contributed by atoms with E-state index in [1.807, 2.05) is 44.2 Å². The molecule has 1 amide bonds. The summed E-state index contributed by atoms with van der Waals surface area (Å²) in [5, 5.41) is 12.5. The number of benzene rings is 1. The number of nitrogens with one attached hydrogen (secondary N) is 1. The Kier molecular flexibility index (Phi) is 5.31. The zero-order valence-corrected chi connectivity index (χ0v) is 11.0. The first-order valence-corrected chi connectivity index (χ1v) is 6.26. The lowest BCUT2D eigenvalue weighted by molar-refractivity contribution is -0.127. The molecule has 1 rings (SSSR count). The number of nitrogens with two attached hydrogens (primary N) is 1. The Morgan fingerprint density at radius 2 is 2.06 bits per heavy atom. The van der Waals surface area contributed by atoms with E-state index < -0.39 is 5.54 Å². The van der Waals surface area contributed by atoms with E-state index in [1.165, 1.54) is 0 Å². The lowest BCUT2D eigenvalue weighted by Gasteiger charge is -2.31. The summed E-state index contributed by atoms with van der Waals surface area (Å²) in [4.78, 5) is 12.1. The Hall–Kier alpha value is -1.39. The maximum absolute atomic E-state index is 12.1. The number of carbonyl (C=O) groups excluding carboxylic acids is 1. The summed E-state index contributed by atoms with van der Waals surface area (Å²) in [5.74, 6) is -0.319. The molecule has 4 N–H and O–H groups in total. The highest BCUT2D eigenvalue weighted by Gasteiger charge is 2.29. The molecule has 0 saturated carbocycles. The van der Waals surface area contributed by atoms with E-state index in [4.69, 9.17) is 5.73 Å². The quantitative estimate of drug-likeness (QED) is 0.705. The first kappa shape index (κ1) is 14.7. The van der Waals surface area contributed by atoms with E-state index in [9.17, 15) is 9.90 Å². The molecule has 1 aromatic carbocycles. The highest BCUT2D eigenvalue weighted by Crippen LogP contribution is 2.20. The van der Waals surface area contributed by atoms with Crippen LogP contribution in [0.1, 0.15) is 25.8 Å². The third kappa shape index (κ3) is 3.31. The van der Waals surface area contributed by atoms with Crippen molar-refractivity contribution in [3.05, 3.63) is 35.9 Å². The molecule has 0 heterocycles. The molecule has 0 aliphatic rings. The Labute approximate surface area is 108 Å². The van der Waals surface area contributed by atoms with Crippen molar-refractivity contribution in [1.82, 2.24) is 5.32 Å². The van der Waals surface area contributed by atoms with Gasteiger partial charge in [0.15, 0.2) is 0 Å². The van der Waals surface area contributed by atoms with Gasteiger partial charge in [0.1, 0.15) is 0 Å². The van der Waals surface area contributed by atoms with E-state index >= 15 is 0 Å². The summed E-state index contributed by atoms with van der Waals surface area (Å²) in [7, 11) is 0. The summed E-state index contributed by atoms with van der Waals surface area (Å²) < 4.78 is 0. The first-order valence-electron chi connectivity index (χ1n) is 6.26. The largest absolute Gasteiger partial charge is 0.394 e. The SMILES string of the molecule is CCC(CN)C(=O)NC(C)(CO)c1ccccc1. The third-order valence-electron chi connectivity index (χ3n) is 3.27. The number of hydrogen-bond donors (Lipinski definition) is 3. The monoisotopic (exact) mass is 250 g/mol. The molecule has 0 spiro atoms. The molecule has 100 valence electrons. The fraction of sp³-hybridized carbons (Fsp3) is 0.500. The number of carbonyl (C=O) groups is 1. The van der Waals surface area contributed by atoms with Crippen LogP contribution < -0.4 is 11.1 Å².